The van der Waals surface area contributed by atoms with Gasteiger partial charge in [-0.15, -0.1) is 11.8 Å². The Bertz CT molecular complexity index is 382. The van der Waals surface area contributed by atoms with E-state index in [-0.39, 0.29) is 22.7 Å². The molecule has 1 saturated heterocycles. The van der Waals surface area contributed by atoms with Crippen LogP contribution in [0.5, 0.6) is 0 Å². The topological polar surface area (TPSA) is 46.6 Å². The molecule has 0 aliphatic carbocycles. The van der Waals surface area contributed by atoms with Gasteiger partial charge in [0, 0.05) is 19.6 Å². The average molecular weight is 330 g/mol. The quantitative estimate of drug-likeness (QED) is 0.576. The summed E-state index contributed by atoms with van der Waals surface area (Å²) >= 11 is 1.60. The minimum atomic E-state index is -0.189. The average Bonchev–Trinajstić information content (AvgIpc) is 2.66. The molecule has 0 saturated carbocycles. The maximum Gasteiger partial charge on any atom is 0.242 e. The summed E-state index contributed by atoms with van der Waals surface area (Å²) in [5.74, 6) is 1.47. The first-order chi connectivity index (χ1) is 10.3. The van der Waals surface area contributed by atoms with Gasteiger partial charge in [0.15, 0.2) is 0 Å². The van der Waals surface area contributed by atoms with Crippen LogP contribution in [0.25, 0.3) is 0 Å². The van der Waals surface area contributed by atoms with Crippen molar-refractivity contribution < 1.29 is 14.3 Å². The van der Waals surface area contributed by atoms with Crippen LogP contribution in [0.3, 0.4) is 0 Å². The zero-order valence-corrected chi connectivity index (χ0v) is 15.5. The number of imide groups is 1. The highest BCUT2D eigenvalue weighted by Crippen LogP contribution is 2.28. The summed E-state index contributed by atoms with van der Waals surface area (Å²) in [6.07, 6.45) is 3.14. The molecule has 5 heteroatoms. The van der Waals surface area contributed by atoms with Gasteiger partial charge < -0.3 is 4.74 Å². The van der Waals surface area contributed by atoms with E-state index in [1.54, 1.807) is 11.8 Å². The number of amides is 2. The molecule has 0 aromatic rings. The molecular weight excluding hydrogens is 298 g/mol. The van der Waals surface area contributed by atoms with Crippen LogP contribution in [0.1, 0.15) is 60.3 Å². The number of rotatable bonds is 10. The van der Waals surface area contributed by atoms with Crippen LogP contribution in [0.15, 0.2) is 0 Å². The van der Waals surface area contributed by atoms with Gasteiger partial charge in [-0.3, -0.25) is 14.5 Å². The third-order valence-electron chi connectivity index (χ3n) is 3.86. The van der Waals surface area contributed by atoms with E-state index in [9.17, 15) is 9.59 Å². The molecule has 128 valence electrons. The Labute approximate surface area is 139 Å². The summed E-state index contributed by atoms with van der Waals surface area (Å²) in [4.78, 5) is 25.4. The zero-order chi connectivity index (χ0) is 16.8. The van der Waals surface area contributed by atoms with E-state index in [2.05, 4.69) is 27.7 Å². The minimum absolute atomic E-state index is 0.00428. The highest BCUT2D eigenvalue weighted by Gasteiger charge is 2.38. The summed E-state index contributed by atoms with van der Waals surface area (Å²) in [6, 6.07) is 0. The first-order valence-electron chi connectivity index (χ1n) is 8.36. The lowest BCUT2D eigenvalue weighted by Gasteiger charge is -2.26. The number of ether oxygens (including phenoxy) is 1. The fraction of sp³-hybridized carbons (Fsp3) is 0.882. The van der Waals surface area contributed by atoms with E-state index in [0.717, 1.165) is 31.6 Å². The van der Waals surface area contributed by atoms with Crippen molar-refractivity contribution >= 4 is 23.6 Å². The third-order valence-corrected chi connectivity index (χ3v) is 5.07. The van der Waals surface area contributed by atoms with Crippen molar-refractivity contribution in [2.24, 2.45) is 5.92 Å². The van der Waals surface area contributed by atoms with Gasteiger partial charge in [0.2, 0.25) is 11.8 Å². The van der Waals surface area contributed by atoms with Crippen LogP contribution in [-0.4, -0.2) is 46.5 Å². The molecule has 0 aromatic carbocycles. The standard InChI is InChI=1S/C17H31NO3S/c1-6-9-18-15(19)12-14(16(18)20)22-11-8-17(4,5)21-10-7-13(2)3/h13-14H,6-12H2,1-5H3. The molecule has 0 radical (unpaired) electrons. The first-order valence-corrected chi connectivity index (χ1v) is 9.41. The second-order valence-electron chi connectivity index (χ2n) is 6.99. The van der Waals surface area contributed by atoms with E-state index < -0.39 is 0 Å². The molecule has 2 amide bonds. The summed E-state index contributed by atoms with van der Waals surface area (Å²) in [6.45, 7) is 11.9. The lowest BCUT2D eigenvalue weighted by Crippen LogP contribution is -2.32. The van der Waals surface area contributed by atoms with Crippen LogP contribution < -0.4 is 0 Å². The minimum Gasteiger partial charge on any atom is -0.376 e. The number of likely N-dealkylation sites (tertiary alicyclic amines) is 1. The number of nitrogens with zero attached hydrogens (tertiary/aromatic N) is 1. The predicted octanol–water partition coefficient (Wildman–Crippen LogP) is 3.49. The Morgan fingerprint density at radius 1 is 1.36 bits per heavy atom. The Morgan fingerprint density at radius 3 is 2.64 bits per heavy atom. The van der Waals surface area contributed by atoms with Crippen LogP contribution in [0, 0.1) is 5.92 Å². The maximum absolute atomic E-state index is 12.2. The lowest BCUT2D eigenvalue weighted by molar-refractivity contribution is -0.138. The molecule has 1 aliphatic heterocycles. The van der Waals surface area contributed by atoms with Crippen molar-refractivity contribution in [2.75, 3.05) is 18.9 Å². The Balaban J connectivity index is 2.31. The SMILES string of the molecule is CCCN1C(=O)CC(SCCC(C)(C)OCCC(C)C)C1=O. The first kappa shape index (κ1) is 19.5. The van der Waals surface area contributed by atoms with E-state index in [0.29, 0.717) is 18.9 Å². The zero-order valence-electron chi connectivity index (χ0n) is 14.7. The van der Waals surface area contributed by atoms with Crippen molar-refractivity contribution in [1.29, 1.82) is 0 Å². The smallest absolute Gasteiger partial charge is 0.242 e. The largest absolute Gasteiger partial charge is 0.376 e. The van der Waals surface area contributed by atoms with Gasteiger partial charge in [-0.25, -0.2) is 0 Å². The molecule has 0 bridgehead atoms. The second-order valence-corrected chi connectivity index (χ2v) is 8.30. The normalized spacial score (nSPS) is 19.5. The van der Waals surface area contributed by atoms with Gasteiger partial charge in [0.05, 0.1) is 10.9 Å². The van der Waals surface area contributed by atoms with Gasteiger partial charge in [0.25, 0.3) is 0 Å². The molecule has 1 heterocycles. The molecule has 1 rings (SSSR count). The van der Waals surface area contributed by atoms with Crippen molar-refractivity contribution in [3.63, 3.8) is 0 Å². The van der Waals surface area contributed by atoms with Crippen molar-refractivity contribution in [2.45, 2.75) is 71.2 Å². The number of carbonyl (C=O) groups is 2. The molecule has 1 atom stereocenters. The Kier molecular flexibility index (Phi) is 7.90. The number of thioether (sulfide) groups is 1. The third kappa shape index (κ3) is 6.29. The van der Waals surface area contributed by atoms with Crippen molar-refractivity contribution in [3.8, 4) is 0 Å². The number of hydrogen-bond donors (Lipinski definition) is 0. The van der Waals surface area contributed by atoms with Crippen LogP contribution >= 0.6 is 11.8 Å². The molecular formula is C17H31NO3S. The highest BCUT2D eigenvalue weighted by atomic mass is 32.2. The molecule has 0 aromatic heterocycles. The van der Waals surface area contributed by atoms with E-state index >= 15 is 0 Å². The molecule has 4 nitrogen and oxygen atoms in total. The van der Waals surface area contributed by atoms with Gasteiger partial charge in [-0.2, -0.15) is 0 Å². The van der Waals surface area contributed by atoms with Crippen molar-refractivity contribution in [3.05, 3.63) is 0 Å². The van der Waals surface area contributed by atoms with Gasteiger partial charge in [0.1, 0.15) is 0 Å². The highest BCUT2D eigenvalue weighted by molar-refractivity contribution is 8.00. The second kappa shape index (κ2) is 8.92. The Hall–Kier alpha value is -0.550. The monoisotopic (exact) mass is 329 g/mol. The molecule has 22 heavy (non-hydrogen) atoms. The molecule has 1 fully saturated rings. The predicted molar refractivity (Wildman–Crippen MR) is 92.0 cm³/mol. The van der Waals surface area contributed by atoms with Gasteiger partial charge in [-0.05, 0) is 44.8 Å². The summed E-state index contributed by atoms with van der Waals surface area (Å²) < 4.78 is 5.94. The molecule has 1 unspecified atom stereocenters. The Morgan fingerprint density at radius 2 is 2.05 bits per heavy atom. The lowest BCUT2D eigenvalue weighted by atomic mass is 10.1. The maximum atomic E-state index is 12.2. The molecule has 0 N–H and O–H groups in total. The van der Waals surface area contributed by atoms with Crippen LogP contribution in [0.2, 0.25) is 0 Å². The number of hydrogen-bond acceptors (Lipinski definition) is 4. The van der Waals surface area contributed by atoms with Crippen molar-refractivity contribution in [1.82, 2.24) is 4.90 Å². The fourth-order valence-corrected chi connectivity index (χ4v) is 3.76. The van der Waals surface area contributed by atoms with Crippen LogP contribution in [0.4, 0.5) is 0 Å². The van der Waals surface area contributed by atoms with Crippen LogP contribution in [-0.2, 0) is 14.3 Å². The molecule has 1 aliphatic rings. The van der Waals surface area contributed by atoms with E-state index in [1.165, 1.54) is 4.90 Å². The molecule has 0 spiro atoms. The fourth-order valence-electron chi connectivity index (χ4n) is 2.33. The van der Waals surface area contributed by atoms with Gasteiger partial charge in [-0.1, -0.05) is 20.8 Å². The summed E-state index contributed by atoms with van der Waals surface area (Å²) in [5.41, 5.74) is -0.170. The van der Waals surface area contributed by atoms with E-state index in [4.69, 9.17) is 4.74 Å². The number of carbonyl (C=O) groups excluding carboxylic acids is 2. The summed E-state index contributed by atoms with van der Waals surface area (Å²) in [7, 11) is 0. The van der Waals surface area contributed by atoms with Gasteiger partial charge >= 0.3 is 0 Å². The van der Waals surface area contributed by atoms with E-state index in [1.807, 2.05) is 6.92 Å². The summed E-state index contributed by atoms with van der Waals surface area (Å²) in [5, 5.41) is -0.189.